The van der Waals surface area contributed by atoms with Crippen molar-refractivity contribution in [1.82, 2.24) is 25.0 Å². The average Bonchev–Trinajstić information content (AvgIpc) is 3.43. The second kappa shape index (κ2) is 8.46. The lowest BCUT2D eigenvalue weighted by molar-refractivity contribution is -0.137. The Balaban J connectivity index is 1.44. The van der Waals surface area contributed by atoms with Crippen LogP contribution in [0.15, 0.2) is 54.9 Å². The maximum absolute atomic E-state index is 13.3. The molecule has 0 atom stereocenters. The van der Waals surface area contributed by atoms with E-state index in [4.69, 9.17) is 0 Å². The monoisotopic (exact) mass is 487 g/mol. The third kappa shape index (κ3) is 4.27. The molecule has 2 aliphatic rings. The van der Waals surface area contributed by atoms with Crippen molar-refractivity contribution in [3.63, 3.8) is 0 Å². The number of hydrogen-bond acceptors (Lipinski definition) is 5. The first-order valence-corrected chi connectivity index (χ1v) is 11.7. The number of carbonyl (C=O) groups excluding carboxylic acids is 2. The van der Waals surface area contributed by atoms with Gasteiger partial charge in [-0.05, 0) is 55.3 Å². The summed E-state index contributed by atoms with van der Waals surface area (Å²) < 4.78 is 40.5. The number of thioether (sulfide) groups is 1. The summed E-state index contributed by atoms with van der Waals surface area (Å²) in [5.74, 6) is 0.188. The van der Waals surface area contributed by atoms with Crippen molar-refractivity contribution in [2.75, 3.05) is 18.8 Å². The van der Waals surface area contributed by atoms with E-state index in [0.717, 1.165) is 17.7 Å². The lowest BCUT2D eigenvalue weighted by atomic mass is 10.0. The molecule has 1 spiro atoms. The Morgan fingerprint density at radius 1 is 1.06 bits per heavy atom. The van der Waals surface area contributed by atoms with E-state index in [1.807, 2.05) is 0 Å². The van der Waals surface area contributed by atoms with Crippen LogP contribution in [0.4, 0.5) is 13.2 Å². The van der Waals surface area contributed by atoms with Crippen LogP contribution < -0.4 is 5.32 Å². The summed E-state index contributed by atoms with van der Waals surface area (Å²) >= 11 is 1.58. The van der Waals surface area contributed by atoms with E-state index < -0.39 is 11.7 Å². The van der Waals surface area contributed by atoms with Gasteiger partial charge in [-0.15, -0.1) is 11.8 Å². The van der Waals surface area contributed by atoms with Crippen LogP contribution in [0.3, 0.4) is 0 Å². The number of nitrogens with one attached hydrogen (secondary N) is 1. The van der Waals surface area contributed by atoms with Crippen LogP contribution >= 0.6 is 11.8 Å². The van der Waals surface area contributed by atoms with Crippen LogP contribution in [0.1, 0.15) is 28.9 Å². The zero-order chi connectivity index (χ0) is 23.9. The van der Waals surface area contributed by atoms with E-state index in [1.54, 1.807) is 47.3 Å². The Hall–Kier alpha value is -3.34. The number of halogens is 3. The van der Waals surface area contributed by atoms with Gasteiger partial charge in [0.1, 0.15) is 0 Å². The second-order valence-electron chi connectivity index (χ2n) is 8.23. The molecule has 0 bridgehead atoms. The minimum Gasteiger partial charge on any atom is -0.341 e. The number of aromatic nitrogens is 3. The van der Waals surface area contributed by atoms with Gasteiger partial charge in [-0.1, -0.05) is 0 Å². The molecule has 176 valence electrons. The highest BCUT2D eigenvalue weighted by Gasteiger charge is 2.42. The SMILES string of the molecule is O=C1CSC2(CCN(C(=O)c3cc(-c4ccncc4)n(-c4ccc(C(F)(F)F)cc4)n3)CC2)N1. The van der Waals surface area contributed by atoms with E-state index in [-0.39, 0.29) is 22.4 Å². The van der Waals surface area contributed by atoms with Crippen molar-refractivity contribution in [3.8, 4) is 16.9 Å². The van der Waals surface area contributed by atoms with E-state index in [1.165, 1.54) is 16.8 Å². The largest absolute Gasteiger partial charge is 0.416 e. The van der Waals surface area contributed by atoms with Crippen LogP contribution in [-0.2, 0) is 11.0 Å². The molecule has 5 rings (SSSR count). The van der Waals surface area contributed by atoms with Crippen molar-refractivity contribution in [1.29, 1.82) is 0 Å². The average molecular weight is 488 g/mol. The summed E-state index contributed by atoms with van der Waals surface area (Å²) in [5.41, 5.74) is 1.14. The maximum atomic E-state index is 13.3. The number of likely N-dealkylation sites (tertiary alicyclic amines) is 1. The van der Waals surface area contributed by atoms with Gasteiger partial charge in [-0.3, -0.25) is 14.6 Å². The molecule has 0 unspecified atom stereocenters. The molecule has 11 heteroatoms. The molecule has 2 aliphatic heterocycles. The predicted octanol–water partition coefficient (Wildman–Crippen LogP) is 3.75. The fourth-order valence-electron chi connectivity index (χ4n) is 4.23. The lowest BCUT2D eigenvalue weighted by Gasteiger charge is -2.38. The van der Waals surface area contributed by atoms with Gasteiger partial charge in [0.15, 0.2) is 5.69 Å². The van der Waals surface area contributed by atoms with E-state index in [9.17, 15) is 22.8 Å². The number of amides is 2. The van der Waals surface area contributed by atoms with E-state index >= 15 is 0 Å². The molecule has 1 aromatic carbocycles. The van der Waals surface area contributed by atoms with Crippen molar-refractivity contribution in [2.45, 2.75) is 23.9 Å². The normalized spacial score (nSPS) is 17.7. The number of nitrogens with zero attached hydrogens (tertiary/aromatic N) is 4. The Kier molecular flexibility index (Phi) is 5.59. The second-order valence-corrected chi connectivity index (χ2v) is 9.59. The molecule has 3 aromatic rings. The Bertz CT molecular complexity index is 1220. The number of carbonyl (C=O) groups is 2. The molecule has 0 saturated carbocycles. The summed E-state index contributed by atoms with van der Waals surface area (Å²) in [6.07, 6.45) is 0.0372. The topological polar surface area (TPSA) is 80.1 Å². The zero-order valence-electron chi connectivity index (χ0n) is 17.9. The highest BCUT2D eigenvalue weighted by Crippen LogP contribution is 2.38. The Morgan fingerprint density at radius 3 is 2.32 bits per heavy atom. The minimum atomic E-state index is -4.44. The predicted molar refractivity (Wildman–Crippen MR) is 120 cm³/mol. The molecule has 4 heterocycles. The van der Waals surface area contributed by atoms with Crippen LogP contribution in [-0.4, -0.2) is 55.2 Å². The number of benzene rings is 1. The van der Waals surface area contributed by atoms with Gasteiger partial charge in [0, 0.05) is 31.0 Å². The lowest BCUT2D eigenvalue weighted by Crippen LogP contribution is -2.50. The van der Waals surface area contributed by atoms with E-state index in [2.05, 4.69) is 15.4 Å². The first kappa shape index (κ1) is 22.5. The fraction of sp³-hybridized carbons (Fsp3) is 0.304. The van der Waals surface area contributed by atoms with Gasteiger partial charge in [0.25, 0.3) is 5.91 Å². The smallest absolute Gasteiger partial charge is 0.341 e. The van der Waals surface area contributed by atoms with Gasteiger partial charge >= 0.3 is 6.18 Å². The molecule has 7 nitrogen and oxygen atoms in total. The van der Waals surface area contributed by atoms with Gasteiger partial charge in [0.05, 0.1) is 27.6 Å². The Labute approximate surface area is 197 Å². The molecule has 2 saturated heterocycles. The van der Waals surface area contributed by atoms with Gasteiger partial charge < -0.3 is 10.2 Å². The number of piperidine rings is 1. The molecule has 34 heavy (non-hydrogen) atoms. The first-order chi connectivity index (χ1) is 16.2. The van der Waals surface area contributed by atoms with Crippen molar-refractivity contribution in [2.24, 2.45) is 0 Å². The third-order valence-electron chi connectivity index (χ3n) is 6.05. The standard InChI is InChI=1S/C23H20F3N5O2S/c24-23(25,26)16-1-3-17(4-2-16)31-19(15-5-9-27-10-6-15)13-18(29-31)21(33)30-11-7-22(8-12-30)28-20(32)14-34-22/h1-6,9-10,13H,7-8,11-12,14H2,(H,28,32). The van der Waals surface area contributed by atoms with Crippen molar-refractivity contribution < 1.29 is 22.8 Å². The minimum absolute atomic E-state index is 0.0158. The molecular formula is C23H20F3N5O2S. The molecule has 2 fully saturated rings. The maximum Gasteiger partial charge on any atom is 0.416 e. The highest BCUT2D eigenvalue weighted by atomic mass is 32.2. The van der Waals surface area contributed by atoms with Crippen LogP contribution in [0.25, 0.3) is 16.9 Å². The number of pyridine rings is 1. The third-order valence-corrected chi connectivity index (χ3v) is 7.52. The summed E-state index contributed by atoms with van der Waals surface area (Å²) in [5, 5.41) is 7.49. The number of rotatable bonds is 3. The summed E-state index contributed by atoms with van der Waals surface area (Å²) in [4.78, 5) is 30.3. The summed E-state index contributed by atoms with van der Waals surface area (Å²) in [6.45, 7) is 0.952. The molecule has 1 N–H and O–H groups in total. The molecule has 2 amide bonds. The zero-order valence-corrected chi connectivity index (χ0v) is 18.7. The molecule has 0 radical (unpaired) electrons. The van der Waals surface area contributed by atoms with Crippen molar-refractivity contribution >= 4 is 23.6 Å². The van der Waals surface area contributed by atoms with Crippen molar-refractivity contribution in [3.05, 3.63) is 66.1 Å². The quantitative estimate of drug-likeness (QED) is 0.609. The summed E-state index contributed by atoms with van der Waals surface area (Å²) in [7, 11) is 0. The highest BCUT2D eigenvalue weighted by molar-refractivity contribution is 8.01. The van der Waals surface area contributed by atoms with E-state index in [0.29, 0.717) is 43.1 Å². The van der Waals surface area contributed by atoms with Crippen LogP contribution in [0.5, 0.6) is 0 Å². The van der Waals surface area contributed by atoms with Gasteiger partial charge in [-0.2, -0.15) is 18.3 Å². The summed E-state index contributed by atoms with van der Waals surface area (Å²) in [6, 6.07) is 9.79. The van der Waals surface area contributed by atoms with Gasteiger partial charge in [-0.25, -0.2) is 4.68 Å². The molecule has 0 aliphatic carbocycles. The van der Waals surface area contributed by atoms with Crippen LogP contribution in [0.2, 0.25) is 0 Å². The fourth-order valence-corrected chi connectivity index (χ4v) is 5.37. The molecular weight excluding hydrogens is 467 g/mol. The number of hydrogen-bond donors (Lipinski definition) is 1. The van der Waals surface area contributed by atoms with Crippen LogP contribution in [0, 0.1) is 0 Å². The first-order valence-electron chi connectivity index (χ1n) is 10.7. The molecule has 2 aromatic heterocycles. The Morgan fingerprint density at radius 2 is 1.74 bits per heavy atom. The van der Waals surface area contributed by atoms with Gasteiger partial charge in [0.2, 0.25) is 5.91 Å². The number of alkyl halides is 3.